The molecule has 0 aromatic heterocycles. The van der Waals surface area contributed by atoms with Crippen LogP contribution in [0.15, 0.2) is 182 Å². The number of hydrogen-bond donors (Lipinski definition) is 2. The summed E-state index contributed by atoms with van der Waals surface area (Å²) in [6.07, 6.45) is 0. The van der Waals surface area contributed by atoms with Gasteiger partial charge in [-0.25, -0.2) is 0 Å². The maximum Gasteiger partial charge on any atom is 0.160 e. The lowest BCUT2D eigenvalue weighted by molar-refractivity contribution is -0.117. The normalized spacial score (nSPS) is 12.3. The highest BCUT2D eigenvalue weighted by molar-refractivity contribution is 8.02. The first-order valence-corrected chi connectivity index (χ1v) is 18.6. The number of nitrogens with two attached hydrogens (primary N) is 1. The van der Waals surface area contributed by atoms with Crippen molar-refractivity contribution in [3.63, 3.8) is 0 Å². The molecule has 0 aliphatic rings. The minimum Gasteiger partial charge on any atom is -0.329 e. The Morgan fingerprint density at radius 2 is 0.816 bits per heavy atom. The van der Waals surface area contributed by atoms with Gasteiger partial charge in [0.1, 0.15) is 0 Å². The van der Waals surface area contributed by atoms with Gasteiger partial charge in [-0.05, 0) is 33.4 Å². The summed E-state index contributed by atoms with van der Waals surface area (Å²) in [6, 6.07) is 63.5. The number of hydrogen-bond acceptors (Lipinski definition) is 5. The van der Waals surface area contributed by atoms with Crippen LogP contribution >= 0.6 is 23.5 Å². The van der Waals surface area contributed by atoms with Crippen LogP contribution in [0.2, 0.25) is 0 Å². The Kier molecular flexibility index (Phi) is 11.8. The van der Waals surface area contributed by atoms with E-state index in [9.17, 15) is 4.79 Å². The van der Waals surface area contributed by atoms with E-state index in [0.29, 0.717) is 6.54 Å². The van der Waals surface area contributed by atoms with Crippen LogP contribution in [0.1, 0.15) is 33.4 Å². The summed E-state index contributed by atoms with van der Waals surface area (Å²) in [5.41, 5.74) is 13.5. The van der Waals surface area contributed by atoms with Crippen LogP contribution in [0.25, 0.3) is 0 Å². The number of benzene rings is 6. The molecule has 0 radical (unpaired) electrons. The lowest BCUT2D eigenvalue weighted by atomic mass is 9.84. The van der Waals surface area contributed by atoms with E-state index in [1.165, 1.54) is 16.7 Å². The molecule has 5 heteroatoms. The molecule has 3 nitrogen and oxygen atoms in total. The molecule has 6 aromatic carbocycles. The van der Waals surface area contributed by atoms with Crippen molar-refractivity contribution in [2.24, 2.45) is 5.73 Å². The second-order valence-corrected chi connectivity index (χ2v) is 14.6. The summed E-state index contributed by atoms with van der Waals surface area (Å²) in [7, 11) is 0. The molecule has 0 spiro atoms. The summed E-state index contributed by atoms with van der Waals surface area (Å²) in [5.74, 6) is 0.902. The quantitative estimate of drug-likeness (QED) is 0.0791. The fourth-order valence-corrected chi connectivity index (χ4v) is 9.57. The average molecular weight is 679 g/mol. The number of nitrogens with one attached hydrogen (secondary N) is 1. The maximum absolute atomic E-state index is 14.0. The van der Waals surface area contributed by atoms with E-state index < -0.39 is 14.7 Å². The monoisotopic (exact) mass is 678 g/mol. The standard InChI is InChI=1S/C44H42N2OS2/c45-33-42(49-44(38-25-13-4-14-26-38,39-27-15-5-16-28-39)40-29-17-6-18-30-40)41(47)34-46-31-32-48-43(35-19-7-1-8-20-35,36-21-9-2-10-22-36)37-23-11-3-12-24-37/h1-30,42,46H,31-34,45H2. The van der Waals surface area contributed by atoms with E-state index in [0.717, 1.165) is 22.4 Å². The zero-order valence-electron chi connectivity index (χ0n) is 27.5. The zero-order chi connectivity index (χ0) is 33.8. The zero-order valence-corrected chi connectivity index (χ0v) is 29.2. The fourth-order valence-electron chi connectivity index (χ4n) is 6.55. The van der Waals surface area contributed by atoms with Crippen molar-refractivity contribution in [1.82, 2.24) is 5.32 Å². The first kappa shape index (κ1) is 34.5. The molecule has 0 aliphatic carbocycles. The molecular weight excluding hydrogens is 637 g/mol. The van der Waals surface area contributed by atoms with Crippen LogP contribution < -0.4 is 11.1 Å². The van der Waals surface area contributed by atoms with E-state index in [1.807, 2.05) is 30.0 Å². The van der Waals surface area contributed by atoms with Crippen molar-refractivity contribution in [1.29, 1.82) is 0 Å². The summed E-state index contributed by atoms with van der Waals surface area (Å²) in [6.45, 7) is 1.17. The number of Topliss-reactive ketones (excluding diaryl/α,β-unsaturated/α-hetero) is 1. The predicted molar refractivity (Wildman–Crippen MR) is 209 cm³/mol. The lowest BCUT2D eigenvalue weighted by Crippen LogP contribution is -2.39. The molecular formula is C44H42N2OS2. The molecule has 1 atom stereocenters. The van der Waals surface area contributed by atoms with Crippen LogP contribution in [0.5, 0.6) is 0 Å². The molecule has 0 amide bonds. The topological polar surface area (TPSA) is 55.1 Å². The van der Waals surface area contributed by atoms with Crippen molar-refractivity contribution in [2.75, 3.05) is 25.4 Å². The van der Waals surface area contributed by atoms with Crippen molar-refractivity contribution in [3.8, 4) is 0 Å². The van der Waals surface area contributed by atoms with Gasteiger partial charge in [0.05, 0.1) is 21.3 Å². The molecule has 0 saturated heterocycles. The summed E-state index contributed by atoms with van der Waals surface area (Å²) in [4.78, 5) is 14.0. The van der Waals surface area contributed by atoms with Crippen LogP contribution in [-0.4, -0.2) is 36.4 Å². The minimum atomic E-state index is -0.611. The van der Waals surface area contributed by atoms with Crippen LogP contribution in [0.4, 0.5) is 0 Å². The van der Waals surface area contributed by atoms with Crippen molar-refractivity contribution in [3.05, 3.63) is 215 Å². The smallest absolute Gasteiger partial charge is 0.160 e. The van der Waals surface area contributed by atoms with Gasteiger partial charge in [0.25, 0.3) is 0 Å². The molecule has 3 N–H and O–H groups in total. The molecule has 49 heavy (non-hydrogen) atoms. The highest BCUT2D eigenvalue weighted by atomic mass is 32.2. The SMILES string of the molecule is NCC(SC(c1ccccc1)(c1ccccc1)c1ccccc1)C(=O)CNCCSC(c1ccccc1)(c1ccccc1)c1ccccc1. The van der Waals surface area contributed by atoms with Crippen LogP contribution in [0, 0.1) is 0 Å². The third-order valence-electron chi connectivity index (χ3n) is 8.87. The van der Waals surface area contributed by atoms with E-state index in [-0.39, 0.29) is 18.9 Å². The van der Waals surface area contributed by atoms with Gasteiger partial charge in [-0.2, -0.15) is 0 Å². The first-order chi connectivity index (χ1) is 24.2. The summed E-state index contributed by atoms with van der Waals surface area (Å²) in [5, 5.41) is 3.07. The highest BCUT2D eigenvalue weighted by Crippen LogP contribution is 2.50. The summed E-state index contributed by atoms with van der Waals surface area (Å²) < 4.78 is -1.01. The molecule has 0 fully saturated rings. The Hall–Kier alpha value is -4.39. The van der Waals surface area contributed by atoms with Crippen molar-refractivity contribution < 1.29 is 4.79 Å². The molecule has 1 unspecified atom stereocenters. The van der Waals surface area contributed by atoms with E-state index in [4.69, 9.17) is 5.73 Å². The largest absolute Gasteiger partial charge is 0.329 e. The highest BCUT2D eigenvalue weighted by Gasteiger charge is 2.41. The number of thioether (sulfide) groups is 2. The van der Waals surface area contributed by atoms with Crippen LogP contribution in [-0.2, 0) is 14.3 Å². The second-order valence-electron chi connectivity index (χ2n) is 11.9. The Bertz CT molecular complexity index is 1660. The number of carbonyl (C=O) groups is 1. The summed E-state index contributed by atoms with van der Waals surface area (Å²) >= 11 is 3.54. The van der Waals surface area contributed by atoms with Crippen LogP contribution in [0.3, 0.4) is 0 Å². The molecule has 0 heterocycles. The van der Waals surface area contributed by atoms with E-state index >= 15 is 0 Å². The van der Waals surface area contributed by atoms with E-state index in [1.54, 1.807) is 11.8 Å². The van der Waals surface area contributed by atoms with Gasteiger partial charge in [0.15, 0.2) is 5.78 Å². The third kappa shape index (κ3) is 7.61. The number of carbonyl (C=O) groups excluding carboxylic acids is 1. The van der Waals surface area contributed by atoms with Crippen molar-refractivity contribution >= 4 is 29.3 Å². The maximum atomic E-state index is 14.0. The number of ketones is 1. The van der Waals surface area contributed by atoms with Gasteiger partial charge >= 0.3 is 0 Å². The average Bonchev–Trinajstić information content (AvgIpc) is 3.19. The first-order valence-electron chi connectivity index (χ1n) is 16.8. The predicted octanol–water partition coefficient (Wildman–Crippen LogP) is 8.92. The Labute approximate surface area is 299 Å². The van der Waals surface area contributed by atoms with Gasteiger partial charge in [0.2, 0.25) is 0 Å². The molecule has 0 aliphatic heterocycles. The fraction of sp³-hybridized carbons (Fsp3) is 0.159. The van der Waals surface area contributed by atoms with Gasteiger partial charge in [-0.15, -0.1) is 23.5 Å². The lowest BCUT2D eigenvalue weighted by Gasteiger charge is -2.37. The molecule has 0 bridgehead atoms. The Morgan fingerprint density at radius 1 is 0.510 bits per heavy atom. The molecule has 246 valence electrons. The van der Waals surface area contributed by atoms with E-state index in [2.05, 4.69) is 169 Å². The second kappa shape index (κ2) is 16.8. The minimum absolute atomic E-state index is 0.102. The molecule has 6 rings (SSSR count). The third-order valence-corrected chi connectivity index (χ3v) is 12.2. The number of rotatable bonds is 16. The Morgan fingerprint density at radius 3 is 1.12 bits per heavy atom. The van der Waals surface area contributed by atoms with Gasteiger partial charge < -0.3 is 11.1 Å². The van der Waals surface area contributed by atoms with Gasteiger partial charge in [-0.3, -0.25) is 4.79 Å². The molecule has 6 aromatic rings. The van der Waals surface area contributed by atoms with Gasteiger partial charge in [0, 0.05) is 18.8 Å². The Balaban J connectivity index is 1.22. The van der Waals surface area contributed by atoms with Crippen molar-refractivity contribution in [2.45, 2.75) is 14.7 Å². The van der Waals surface area contributed by atoms with Gasteiger partial charge in [-0.1, -0.05) is 182 Å². The molecule has 0 saturated carbocycles.